The number of furan rings is 1. The number of para-hydroxylation sites is 1. The second kappa shape index (κ2) is 5.75. The molecule has 2 aromatic heterocycles. The van der Waals surface area contributed by atoms with Gasteiger partial charge in [-0.25, -0.2) is 4.98 Å². The van der Waals surface area contributed by atoms with Crippen LogP contribution in [-0.4, -0.2) is 22.0 Å². The zero-order valence-electron chi connectivity index (χ0n) is 13.7. The highest BCUT2D eigenvalue weighted by Gasteiger charge is 2.23. The highest BCUT2D eigenvalue weighted by molar-refractivity contribution is 6.30. The van der Waals surface area contributed by atoms with Crippen LogP contribution in [0.2, 0.25) is 5.02 Å². The summed E-state index contributed by atoms with van der Waals surface area (Å²) in [6.45, 7) is 1.19. The number of rotatable bonds is 2. The molecule has 1 amide bonds. The molecule has 0 saturated carbocycles. The number of hydrogen-bond acceptors (Lipinski definition) is 3. The third-order valence-electron chi connectivity index (χ3n) is 4.57. The Morgan fingerprint density at radius 2 is 1.92 bits per heavy atom. The molecule has 2 aromatic carbocycles. The lowest BCUT2D eigenvalue weighted by Crippen LogP contribution is -2.24. The van der Waals surface area contributed by atoms with E-state index in [0.29, 0.717) is 29.4 Å². The lowest BCUT2D eigenvalue weighted by molar-refractivity contribution is 0.0956. The van der Waals surface area contributed by atoms with E-state index in [2.05, 4.69) is 5.32 Å². The van der Waals surface area contributed by atoms with E-state index < -0.39 is 0 Å². The van der Waals surface area contributed by atoms with Gasteiger partial charge >= 0.3 is 0 Å². The smallest absolute Gasteiger partial charge is 0.253 e. The SMILES string of the molecule is O=C1NCCn2c(-c3ccc(-c4cccc(Cl)c4)o3)nc3cccc1c32. The molecule has 0 unspecified atom stereocenters. The number of nitrogens with one attached hydrogen (secondary N) is 1. The Morgan fingerprint density at radius 1 is 1.08 bits per heavy atom. The van der Waals surface area contributed by atoms with Crippen LogP contribution in [0, 0.1) is 0 Å². The standard InChI is InChI=1S/C20H14ClN3O2/c21-13-4-1-3-12(11-13)16-7-8-17(26-16)19-23-15-6-2-5-14-18(15)24(19)10-9-22-20(14)25/h1-8,11H,9-10H2,(H,22,25). The zero-order valence-corrected chi connectivity index (χ0v) is 14.5. The molecule has 0 saturated heterocycles. The molecule has 0 radical (unpaired) electrons. The van der Waals surface area contributed by atoms with Crippen molar-refractivity contribution in [1.29, 1.82) is 0 Å². The summed E-state index contributed by atoms with van der Waals surface area (Å²) in [5, 5.41) is 3.58. The van der Waals surface area contributed by atoms with Crippen LogP contribution in [0.15, 0.2) is 59.0 Å². The molecule has 3 heterocycles. The lowest BCUT2D eigenvalue weighted by atomic mass is 10.2. The minimum Gasteiger partial charge on any atom is -0.453 e. The third-order valence-corrected chi connectivity index (χ3v) is 4.80. The van der Waals surface area contributed by atoms with E-state index in [0.717, 1.165) is 28.2 Å². The van der Waals surface area contributed by atoms with Gasteiger partial charge in [-0.05, 0) is 36.4 Å². The fraction of sp³-hybridized carbons (Fsp3) is 0.100. The Labute approximate surface area is 154 Å². The quantitative estimate of drug-likeness (QED) is 0.575. The van der Waals surface area contributed by atoms with Crippen molar-refractivity contribution < 1.29 is 9.21 Å². The van der Waals surface area contributed by atoms with Gasteiger partial charge in [0.2, 0.25) is 0 Å². The minimum atomic E-state index is -0.0696. The molecule has 128 valence electrons. The average molecular weight is 364 g/mol. The molecule has 0 aliphatic carbocycles. The van der Waals surface area contributed by atoms with Gasteiger partial charge in [0.15, 0.2) is 11.6 Å². The number of imidazole rings is 1. The van der Waals surface area contributed by atoms with Crippen LogP contribution < -0.4 is 5.32 Å². The van der Waals surface area contributed by atoms with Crippen molar-refractivity contribution in [3.05, 3.63) is 65.2 Å². The van der Waals surface area contributed by atoms with Crippen LogP contribution in [0.4, 0.5) is 0 Å². The van der Waals surface area contributed by atoms with Crippen LogP contribution in [0.5, 0.6) is 0 Å². The number of carbonyl (C=O) groups excluding carboxylic acids is 1. The molecule has 1 N–H and O–H groups in total. The van der Waals surface area contributed by atoms with Crippen molar-refractivity contribution in [3.63, 3.8) is 0 Å². The lowest BCUT2D eigenvalue weighted by Gasteiger charge is -2.05. The van der Waals surface area contributed by atoms with E-state index in [9.17, 15) is 4.79 Å². The van der Waals surface area contributed by atoms with Crippen molar-refractivity contribution in [2.75, 3.05) is 6.54 Å². The number of nitrogens with zero attached hydrogens (tertiary/aromatic N) is 2. The highest BCUT2D eigenvalue weighted by Crippen LogP contribution is 2.32. The fourth-order valence-electron chi connectivity index (χ4n) is 3.41. The van der Waals surface area contributed by atoms with Crippen LogP contribution in [0.25, 0.3) is 33.9 Å². The summed E-state index contributed by atoms with van der Waals surface area (Å²) in [7, 11) is 0. The number of amides is 1. The summed E-state index contributed by atoms with van der Waals surface area (Å²) in [4.78, 5) is 17.0. The van der Waals surface area contributed by atoms with Crippen molar-refractivity contribution in [2.45, 2.75) is 6.54 Å². The van der Waals surface area contributed by atoms with Crippen LogP contribution >= 0.6 is 11.6 Å². The van der Waals surface area contributed by atoms with Gasteiger partial charge in [0, 0.05) is 23.7 Å². The molecule has 1 aliphatic rings. The van der Waals surface area contributed by atoms with Gasteiger partial charge in [-0.2, -0.15) is 0 Å². The fourth-order valence-corrected chi connectivity index (χ4v) is 3.60. The largest absolute Gasteiger partial charge is 0.453 e. The predicted molar refractivity (Wildman–Crippen MR) is 100 cm³/mol. The highest BCUT2D eigenvalue weighted by atomic mass is 35.5. The summed E-state index contributed by atoms with van der Waals surface area (Å²) in [6, 6.07) is 16.9. The van der Waals surface area contributed by atoms with Crippen LogP contribution in [-0.2, 0) is 6.54 Å². The molecule has 0 atom stereocenters. The van der Waals surface area contributed by atoms with Crippen molar-refractivity contribution in [3.8, 4) is 22.9 Å². The zero-order chi connectivity index (χ0) is 17.7. The van der Waals surface area contributed by atoms with Crippen molar-refractivity contribution in [1.82, 2.24) is 14.9 Å². The molecule has 26 heavy (non-hydrogen) atoms. The maximum absolute atomic E-state index is 12.3. The second-order valence-electron chi connectivity index (χ2n) is 6.19. The molecular weight excluding hydrogens is 350 g/mol. The van der Waals surface area contributed by atoms with Crippen molar-refractivity contribution >= 4 is 28.5 Å². The molecule has 5 nitrogen and oxygen atoms in total. The van der Waals surface area contributed by atoms with Crippen LogP contribution in [0.1, 0.15) is 10.4 Å². The minimum absolute atomic E-state index is 0.0696. The summed E-state index contributed by atoms with van der Waals surface area (Å²) in [5.41, 5.74) is 3.18. The number of halogens is 1. The molecule has 4 aromatic rings. The van der Waals surface area contributed by atoms with Gasteiger partial charge in [-0.1, -0.05) is 29.8 Å². The Hall–Kier alpha value is -3.05. The first-order valence-electron chi connectivity index (χ1n) is 8.34. The van der Waals surface area contributed by atoms with Gasteiger partial charge in [0.25, 0.3) is 5.91 Å². The van der Waals surface area contributed by atoms with E-state index in [1.165, 1.54) is 0 Å². The van der Waals surface area contributed by atoms with E-state index in [4.69, 9.17) is 21.0 Å². The number of benzene rings is 2. The first-order valence-corrected chi connectivity index (χ1v) is 8.72. The van der Waals surface area contributed by atoms with Gasteiger partial charge in [0.05, 0.1) is 16.6 Å². The van der Waals surface area contributed by atoms with Gasteiger partial charge in [-0.3, -0.25) is 4.79 Å². The monoisotopic (exact) mass is 363 g/mol. The molecule has 1 aliphatic heterocycles. The molecule has 0 fully saturated rings. The number of hydrogen-bond donors (Lipinski definition) is 1. The van der Waals surface area contributed by atoms with E-state index in [-0.39, 0.29) is 5.91 Å². The third kappa shape index (κ3) is 2.32. The summed E-state index contributed by atoms with van der Waals surface area (Å²) >= 11 is 6.08. The van der Waals surface area contributed by atoms with Gasteiger partial charge in [-0.15, -0.1) is 0 Å². The first kappa shape index (κ1) is 15.2. The van der Waals surface area contributed by atoms with E-state index in [1.54, 1.807) is 0 Å². The Balaban J connectivity index is 1.67. The Kier molecular flexibility index (Phi) is 3.36. The molecule has 5 rings (SSSR count). The van der Waals surface area contributed by atoms with Gasteiger partial charge in [0.1, 0.15) is 5.76 Å². The predicted octanol–water partition coefficient (Wildman–Crippen LogP) is 4.36. The molecule has 0 bridgehead atoms. The second-order valence-corrected chi connectivity index (χ2v) is 6.63. The summed E-state index contributed by atoms with van der Waals surface area (Å²) < 4.78 is 8.11. The summed E-state index contributed by atoms with van der Waals surface area (Å²) in [6.07, 6.45) is 0. The topological polar surface area (TPSA) is 60.1 Å². The van der Waals surface area contributed by atoms with Crippen LogP contribution in [0.3, 0.4) is 0 Å². The molecule has 0 spiro atoms. The normalized spacial score (nSPS) is 13.7. The first-order chi connectivity index (χ1) is 12.7. The number of aromatic nitrogens is 2. The molecular formula is C20H14ClN3O2. The maximum atomic E-state index is 12.3. The van der Waals surface area contributed by atoms with Gasteiger partial charge < -0.3 is 14.3 Å². The van der Waals surface area contributed by atoms with Crippen molar-refractivity contribution in [2.24, 2.45) is 0 Å². The Bertz CT molecular complexity index is 1160. The maximum Gasteiger partial charge on any atom is 0.253 e. The number of carbonyl (C=O) groups is 1. The molecule has 6 heteroatoms. The Morgan fingerprint density at radius 3 is 2.81 bits per heavy atom. The average Bonchev–Trinajstić information content (AvgIpc) is 3.22. The van der Waals surface area contributed by atoms with E-state index >= 15 is 0 Å². The van der Waals surface area contributed by atoms with E-state index in [1.807, 2.05) is 59.2 Å². The summed E-state index contributed by atoms with van der Waals surface area (Å²) in [5.74, 6) is 2.04.